The third-order valence-corrected chi connectivity index (χ3v) is 2.11. The Hall–Kier alpha value is -2.64. The minimum Gasteiger partial charge on any atom is -0.395 e. The zero-order valence-electron chi connectivity index (χ0n) is 8.78. The van der Waals surface area contributed by atoms with E-state index in [-0.39, 0.29) is 11.3 Å². The topological polar surface area (TPSA) is 117 Å². The van der Waals surface area contributed by atoms with Crippen LogP contribution in [0.3, 0.4) is 0 Å². The molecule has 0 saturated heterocycles. The number of rotatable bonds is 3. The molecule has 0 saturated carbocycles. The van der Waals surface area contributed by atoms with Crippen molar-refractivity contribution >= 4 is 11.8 Å². The second-order valence-corrected chi connectivity index (χ2v) is 3.32. The summed E-state index contributed by atoms with van der Waals surface area (Å²) in [5.41, 5.74) is 5.68. The number of hydrogen-bond donors (Lipinski definition) is 1. The Morgan fingerprint density at radius 1 is 1.65 bits per heavy atom. The van der Waals surface area contributed by atoms with E-state index in [1.165, 1.54) is 4.68 Å². The largest absolute Gasteiger partial charge is 0.434 e. The van der Waals surface area contributed by atoms with Crippen LogP contribution in [0.5, 0.6) is 0 Å². The first kappa shape index (κ1) is 10.9. The van der Waals surface area contributed by atoms with Gasteiger partial charge in [-0.25, -0.2) is 0 Å². The molecule has 17 heavy (non-hydrogen) atoms. The molecule has 0 aliphatic carbocycles. The highest BCUT2D eigenvalue weighted by Crippen LogP contribution is 2.29. The third-order valence-electron chi connectivity index (χ3n) is 2.11. The fraction of sp³-hybridized carbons (Fsp3) is 0.111. The van der Waals surface area contributed by atoms with Crippen molar-refractivity contribution in [1.29, 1.82) is 0 Å². The van der Waals surface area contributed by atoms with Crippen molar-refractivity contribution in [3.8, 4) is 11.3 Å². The summed E-state index contributed by atoms with van der Waals surface area (Å²) in [6.07, 6.45) is 1.64. The highest BCUT2D eigenvalue weighted by atomic mass is 16.6. The lowest BCUT2D eigenvalue weighted by molar-refractivity contribution is -0.402. The molecule has 88 valence electrons. The molecule has 2 rings (SSSR count). The van der Waals surface area contributed by atoms with E-state index in [1.807, 2.05) is 0 Å². The molecule has 0 bridgehead atoms. The Labute approximate surface area is 94.8 Å². The van der Waals surface area contributed by atoms with Gasteiger partial charge in [0, 0.05) is 13.2 Å². The van der Waals surface area contributed by atoms with Gasteiger partial charge in [0.2, 0.25) is 5.76 Å². The van der Waals surface area contributed by atoms with Crippen molar-refractivity contribution in [2.45, 2.75) is 0 Å². The summed E-state index contributed by atoms with van der Waals surface area (Å²) in [7, 11) is 1.68. The number of carbonyl (C=O) groups is 1. The van der Waals surface area contributed by atoms with Crippen LogP contribution in [0.25, 0.3) is 11.3 Å². The molecule has 2 heterocycles. The van der Waals surface area contributed by atoms with E-state index in [9.17, 15) is 14.9 Å². The second-order valence-electron chi connectivity index (χ2n) is 3.32. The van der Waals surface area contributed by atoms with Gasteiger partial charge in [-0.3, -0.25) is 19.6 Å². The van der Waals surface area contributed by atoms with E-state index in [0.717, 1.165) is 6.07 Å². The minimum absolute atomic E-state index is 0.213. The minimum atomic E-state index is -0.876. The van der Waals surface area contributed by atoms with Crippen molar-refractivity contribution in [1.82, 2.24) is 9.78 Å². The summed E-state index contributed by atoms with van der Waals surface area (Å²) >= 11 is 0. The fourth-order valence-corrected chi connectivity index (χ4v) is 1.40. The molecule has 0 unspecified atom stereocenters. The average molecular weight is 236 g/mol. The first-order valence-electron chi connectivity index (χ1n) is 4.57. The molecule has 2 aromatic rings. The van der Waals surface area contributed by atoms with Gasteiger partial charge in [0.05, 0.1) is 17.3 Å². The normalized spacial score (nSPS) is 10.4. The summed E-state index contributed by atoms with van der Waals surface area (Å²) in [5, 5.41) is 14.6. The Balaban J connectivity index is 2.59. The van der Waals surface area contributed by atoms with Gasteiger partial charge in [-0.2, -0.15) is 5.10 Å². The highest BCUT2D eigenvalue weighted by Gasteiger charge is 2.24. The first-order valence-corrected chi connectivity index (χ1v) is 4.57. The number of aromatic nitrogens is 2. The SMILES string of the molecule is Cn1ccc(-c2cc([N+](=O)[O-])oc2C(N)=O)n1. The van der Waals surface area contributed by atoms with Gasteiger partial charge in [0.15, 0.2) is 0 Å². The lowest BCUT2D eigenvalue weighted by Crippen LogP contribution is -2.10. The predicted molar refractivity (Wildman–Crippen MR) is 56.1 cm³/mol. The van der Waals surface area contributed by atoms with Gasteiger partial charge in [0.25, 0.3) is 5.91 Å². The Kier molecular flexibility index (Phi) is 2.39. The zero-order valence-corrected chi connectivity index (χ0v) is 8.78. The molecule has 0 aliphatic heterocycles. The molecule has 0 radical (unpaired) electrons. The van der Waals surface area contributed by atoms with Crippen LogP contribution in [-0.2, 0) is 7.05 Å². The van der Waals surface area contributed by atoms with E-state index < -0.39 is 16.7 Å². The molecule has 0 aliphatic rings. The maximum atomic E-state index is 11.1. The maximum Gasteiger partial charge on any atom is 0.434 e. The number of aryl methyl sites for hydroxylation is 1. The van der Waals surface area contributed by atoms with Crippen LogP contribution in [0.1, 0.15) is 10.6 Å². The Morgan fingerprint density at radius 2 is 2.35 bits per heavy atom. The number of furan rings is 1. The molecule has 8 nitrogen and oxygen atoms in total. The summed E-state index contributed by atoms with van der Waals surface area (Å²) in [6.45, 7) is 0. The van der Waals surface area contributed by atoms with Gasteiger partial charge in [-0.1, -0.05) is 0 Å². The molecule has 2 aromatic heterocycles. The van der Waals surface area contributed by atoms with Crippen molar-refractivity contribution < 1.29 is 14.1 Å². The monoisotopic (exact) mass is 236 g/mol. The second kappa shape index (κ2) is 3.74. The van der Waals surface area contributed by atoms with E-state index in [4.69, 9.17) is 10.2 Å². The van der Waals surface area contributed by atoms with Crippen LogP contribution in [-0.4, -0.2) is 20.6 Å². The number of nitrogens with two attached hydrogens (primary N) is 1. The van der Waals surface area contributed by atoms with Gasteiger partial charge < -0.3 is 10.2 Å². The van der Waals surface area contributed by atoms with Crippen molar-refractivity contribution in [2.24, 2.45) is 12.8 Å². The van der Waals surface area contributed by atoms with Crippen LogP contribution in [0.15, 0.2) is 22.7 Å². The smallest absolute Gasteiger partial charge is 0.395 e. The summed E-state index contributed by atoms with van der Waals surface area (Å²) in [5.74, 6) is -1.69. The molecule has 8 heteroatoms. The summed E-state index contributed by atoms with van der Waals surface area (Å²) in [4.78, 5) is 20.9. The number of nitro groups is 1. The molecule has 0 aromatic carbocycles. The van der Waals surface area contributed by atoms with Crippen molar-refractivity contribution in [3.05, 3.63) is 34.2 Å². The fourth-order valence-electron chi connectivity index (χ4n) is 1.40. The number of amides is 1. The number of hydrogen-bond acceptors (Lipinski definition) is 5. The van der Waals surface area contributed by atoms with Crippen LogP contribution in [0.2, 0.25) is 0 Å². The van der Waals surface area contributed by atoms with Crippen molar-refractivity contribution in [3.63, 3.8) is 0 Å². The molecular formula is C9H8N4O4. The lowest BCUT2D eigenvalue weighted by Gasteiger charge is -1.92. The molecular weight excluding hydrogens is 228 g/mol. The number of primary amides is 1. The van der Waals surface area contributed by atoms with E-state index in [0.29, 0.717) is 5.69 Å². The average Bonchev–Trinajstić information content (AvgIpc) is 2.82. The quantitative estimate of drug-likeness (QED) is 0.621. The van der Waals surface area contributed by atoms with Gasteiger partial charge in [-0.05, 0) is 6.07 Å². The van der Waals surface area contributed by atoms with Crippen molar-refractivity contribution in [2.75, 3.05) is 0 Å². The first-order chi connectivity index (χ1) is 7.99. The molecule has 2 N–H and O–H groups in total. The standard InChI is InChI=1S/C9H8N4O4/c1-12-3-2-6(11-12)5-4-7(13(15)16)17-8(5)9(10)14/h2-4H,1H3,(H2,10,14). The third kappa shape index (κ3) is 1.87. The van der Waals surface area contributed by atoms with E-state index >= 15 is 0 Å². The summed E-state index contributed by atoms with van der Waals surface area (Å²) < 4.78 is 6.28. The van der Waals surface area contributed by atoms with E-state index in [1.54, 1.807) is 19.3 Å². The number of carbonyl (C=O) groups excluding carboxylic acids is 1. The predicted octanol–water partition coefficient (Wildman–Crippen LogP) is 0.687. The molecule has 0 spiro atoms. The van der Waals surface area contributed by atoms with E-state index in [2.05, 4.69) is 5.10 Å². The van der Waals surface area contributed by atoms with Crippen LogP contribution in [0, 0.1) is 10.1 Å². The van der Waals surface area contributed by atoms with Crippen LogP contribution < -0.4 is 5.73 Å². The molecule has 0 atom stereocenters. The molecule has 1 amide bonds. The maximum absolute atomic E-state index is 11.1. The zero-order chi connectivity index (χ0) is 12.6. The van der Waals surface area contributed by atoms with Crippen LogP contribution in [0.4, 0.5) is 5.88 Å². The summed E-state index contributed by atoms with van der Waals surface area (Å²) in [6, 6.07) is 2.73. The molecule has 0 fully saturated rings. The van der Waals surface area contributed by atoms with Gasteiger partial charge >= 0.3 is 5.88 Å². The highest BCUT2D eigenvalue weighted by molar-refractivity contribution is 5.97. The lowest BCUT2D eigenvalue weighted by atomic mass is 10.2. The van der Waals surface area contributed by atoms with Crippen LogP contribution >= 0.6 is 0 Å². The Bertz CT molecular complexity index is 598. The Morgan fingerprint density at radius 3 is 2.82 bits per heavy atom. The number of nitrogens with zero attached hydrogens (tertiary/aromatic N) is 3. The van der Waals surface area contributed by atoms with Gasteiger partial charge in [-0.15, -0.1) is 0 Å². The van der Waals surface area contributed by atoms with Gasteiger partial charge in [0.1, 0.15) is 4.92 Å².